The second kappa shape index (κ2) is 71.4. The molecule has 3 fully saturated rings. The van der Waals surface area contributed by atoms with Crippen LogP contribution in [0.1, 0.15) is 433 Å². The molecule has 20 unspecified atom stereocenters. The molecule has 0 aromatic carbocycles. The van der Waals surface area contributed by atoms with Crippen molar-refractivity contribution in [3.05, 3.63) is 0 Å². The van der Waals surface area contributed by atoms with Gasteiger partial charge in [-0.3, -0.25) is 28.2 Å². The zero-order chi connectivity index (χ0) is 87.8. The van der Waals surface area contributed by atoms with Crippen molar-refractivity contribution in [3.63, 3.8) is 0 Å². The van der Waals surface area contributed by atoms with Gasteiger partial charge in [0, 0.05) is 25.7 Å². The van der Waals surface area contributed by atoms with Crippen LogP contribution in [0.15, 0.2) is 0 Å². The van der Waals surface area contributed by atoms with Gasteiger partial charge in [-0.2, -0.15) is 0 Å². The Hall–Kier alpha value is -2.53. The van der Waals surface area contributed by atoms with Crippen LogP contribution in [0.3, 0.4) is 0 Å². The summed E-state index contributed by atoms with van der Waals surface area (Å²) in [5.41, 5.74) is 0. The molecule has 0 amide bonds. The molecule has 3 aliphatic rings. The highest BCUT2D eigenvalue weighted by molar-refractivity contribution is 7.47. The number of hydrogen-bond donors (Lipinski definition) is 10. The van der Waals surface area contributed by atoms with Crippen LogP contribution in [0.25, 0.3) is 0 Å². The first-order valence-electron chi connectivity index (χ1n) is 49.1. The predicted molar refractivity (Wildman–Crippen MR) is 467 cm³/mol. The van der Waals surface area contributed by atoms with E-state index in [1.165, 1.54) is 205 Å². The lowest BCUT2D eigenvalue weighted by atomic mass is 9.84. The average molecular weight is 1740 g/mol. The molecule has 26 heteroatoms. The normalized spacial score (nSPS) is 25.2. The molecule has 2 saturated heterocycles. The van der Waals surface area contributed by atoms with E-state index < -0.39 is 162 Å². The Labute approximate surface area is 725 Å². The van der Waals surface area contributed by atoms with Crippen molar-refractivity contribution in [3.8, 4) is 0 Å². The molecule has 2 aliphatic heterocycles. The fourth-order valence-corrected chi connectivity index (χ4v) is 17.7. The van der Waals surface area contributed by atoms with E-state index in [4.69, 9.17) is 46.9 Å². The molecule has 1 saturated carbocycles. The third-order valence-corrected chi connectivity index (χ3v) is 25.6. The molecule has 0 aromatic heterocycles. The van der Waals surface area contributed by atoms with Gasteiger partial charge in [-0.1, -0.05) is 382 Å². The fourth-order valence-electron chi connectivity index (χ4n) is 16.7. The Kier molecular flexibility index (Phi) is 66.4. The third-order valence-electron chi connectivity index (χ3n) is 24.7. The summed E-state index contributed by atoms with van der Waals surface area (Å²) in [5.74, 6) is -1.59. The number of aliphatic hydroxyl groups excluding tert-OH is 9. The number of aliphatic hydroxyl groups is 9. The SMILES string of the molecule is CCCCCCCCCCCCCCCCCCC(=O)OCC1OC(OC2C(OC(=O)CCCCCCCCCCCCCCC)C(O)C(O)C(OC3OC(CO)C(O)C(O)C3O)C2OP(=O)(O)OCC(COC(=O)CCCCCCCCC(C)CCCCCCCC)OC(=O)CCCCCCCCC(C)CCCCCCCC)C(O)C(O)C1O. The fraction of sp³-hybridized carbons (Fsp3) is 0.957. The van der Waals surface area contributed by atoms with E-state index in [1.807, 2.05) is 0 Å². The lowest BCUT2D eigenvalue weighted by Gasteiger charge is -2.50. The lowest BCUT2D eigenvalue weighted by Crippen LogP contribution is -2.70. The summed E-state index contributed by atoms with van der Waals surface area (Å²) in [6.45, 7) is 10.3. The van der Waals surface area contributed by atoms with Crippen molar-refractivity contribution in [2.24, 2.45) is 11.8 Å². The molecule has 0 spiro atoms. The number of phosphoric ester groups is 1. The molecule has 25 nitrogen and oxygen atoms in total. The Bertz CT molecular complexity index is 2520. The number of phosphoric acid groups is 1. The van der Waals surface area contributed by atoms with Crippen LogP contribution >= 0.6 is 7.82 Å². The van der Waals surface area contributed by atoms with Crippen LogP contribution < -0.4 is 0 Å². The van der Waals surface area contributed by atoms with Crippen LogP contribution in [-0.4, -0.2) is 205 Å². The van der Waals surface area contributed by atoms with Gasteiger partial charge in [0.2, 0.25) is 0 Å². The Morgan fingerprint density at radius 3 is 0.992 bits per heavy atom. The zero-order valence-corrected chi connectivity index (χ0v) is 76.9. The number of rotatable bonds is 79. The van der Waals surface area contributed by atoms with E-state index in [-0.39, 0.29) is 25.7 Å². The van der Waals surface area contributed by atoms with Gasteiger partial charge in [-0.05, 0) is 37.5 Å². The maximum atomic E-state index is 14.9. The molecular formula is C94H177O25P. The summed E-state index contributed by atoms with van der Waals surface area (Å²) in [6, 6.07) is 0. The highest BCUT2D eigenvalue weighted by Gasteiger charge is 2.60. The molecule has 20 atom stereocenters. The summed E-state index contributed by atoms with van der Waals surface area (Å²) in [5, 5.41) is 102. The minimum atomic E-state index is -5.81. The lowest BCUT2D eigenvalue weighted by molar-refractivity contribution is -0.360. The van der Waals surface area contributed by atoms with Gasteiger partial charge in [-0.15, -0.1) is 0 Å². The first-order valence-corrected chi connectivity index (χ1v) is 50.5. The van der Waals surface area contributed by atoms with Gasteiger partial charge < -0.3 is 88.7 Å². The van der Waals surface area contributed by atoms with Crippen LogP contribution in [-0.2, 0) is 70.7 Å². The highest BCUT2D eigenvalue weighted by Crippen LogP contribution is 2.49. The first kappa shape index (κ1) is 112. The first-order chi connectivity index (χ1) is 58.0. The van der Waals surface area contributed by atoms with E-state index in [1.54, 1.807) is 0 Å². The van der Waals surface area contributed by atoms with Crippen LogP contribution in [0.2, 0.25) is 0 Å². The van der Waals surface area contributed by atoms with Crippen molar-refractivity contribution in [1.82, 2.24) is 0 Å². The summed E-state index contributed by atoms with van der Waals surface area (Å²) in [6.07, 6.45) is 26.6. The maximum absolute atomic E-state index is 14.9. The standard InChI is InChI=1S/C94H177O25P/c1-7-11-15-19-23-25-27-29-30-31-33-34-36-38-48-57-65-78(97)111-71-76-82(101)84(103)88(107)94(115-76)118-91-89(116-80(99)67-59-50-39-37-35-32-28-26-24-20-16-12-8-2)85(104)86(105)90(117-93-87(106)83(102)81(100)75(68-95)114-93)92(91)119-120(108,109)112-70-74(113-79(98)66-58-51-43-41-47-55-63-73(6)61-53-45-22-18-14-10-4)69-110-77(96)64-56-49-42-40-46-54-62-72(5)60-52-44-21-17-13-9-3/h72-76,81-95,100-107H,7-71H2,1-6H3,(H,108,109). The third kappa shape index (κ3) is 51.5. The zero-order valence-electron chi connectivity index (χ0n) is 76.0. The topological polar surface area (TPSA) is 380 Å². The smallest absolute Gasteiger partial charge is 0.463 e. The van der Waals surface area contributed by atoms with Gasteiger partial charge in [0.1, 0.15) is 92.6 Å². The minimum Gasteiger partial charge on any atom is -0.463 e. The number of carbonyl (C=O) groups excluding carboxylic acids is 4. The largest absolute Gasteiger partial charge is 0.472 e. The van der Waals surface area contributed by atoms with Crippen molar-refractivity contribution in [1.29, 1.82) is 0 Å². The summed E-state index contributed by atoms with van der Waals surface area (Å²) < 4.78 is 73.6. The van der Waals surface area contributed by atoms with Gasteiger partial charge in [0.15, 0.2) is 24.8 Å². The summed E-state index contributed by atoms with van der Waals surface area (Å²) >= 11 is 0. The summed E-state index contributed by atoms with van der Waals surface area (Å²) in [4.78, 5) is 66.7. The predicted octanol–water partition coefficient (Wildman–Crippen LogP) is 18.7. The van der Waals surface area contributed by atoms with Crippen molar-refractivity contribution < 1.29 is 122 Å². The molecule has 10 N–H and O–H groups in total. The average Bonchev–Trinajstić information content (AvgIpc) is 0.751. The Morgan fingerprint density at radius 2 is 0.625 bits per heavy atom. The second-order valence-electron chi connectivity index (χ2n) is 35.9. The van der Waals surface area contributed by atoms with Gasteiger partial charge in [-0.25, -0.2) is 4.57 Å². The number of carbonyl (C=O) groups is 4. The Morgan fingerprint density at radius 1 is 0.325 bits per heavy atom. The maximum Gasteiger partial charge on any atom is 0.472 e. The molecule has 0 aromatic rings. The van der Waals surface area contributed by atoms with Crippen molar-refractivity contribution >= 4 is 31.7 Å². The quantitative estimate of drug-likeness (QED) is 0.0117. The van der Waals surface area contributed by atoms with Crippen LogP contribution in [0.4, 0.5) is 0 Å². The van der Waals surface area contributed by atoms with Crippen molar-refractivity contribution in [2.75, 3.05) is 26.4 Å². The highest BCUT2D eigenvalue weighted by atomic mass is 31.2. The van der Waals surface area contributed by atoms with E-state index in [0.29, 0.717) is 43.9 Å². The Balaban J connectivity index is 1.91. The van der Waals surface area contributed by atoms with Crippen molar-refractivity contribution in [2.45, 2.75) is 537 Å². The van der Waals surface area contributed by atoms with Crippen LogP contribution in [0.5, 0.6) is 0 Å². The van der Waals surface area contributed by atoms with Crippen LogP contribution in [0, 0.1) is 11.8 Å². The van der Waals surface area contributed by atoms with Gasteiger partial charge in [0.05, 0.1) is 13.2 Å². The van der Waals surface area contributed by atoms with Gasteiger partial charge >= 0.3 is 31.7 Å². The molecule has 0 bridgehead atoms. The van der Waals surface area contributed by atoms with E-state index in [2.05, 4.69) is 41.5 Å². The number of esters is 4. The summed E-state index contributed by atoms with van der Waals surface area (Å²) in [7, 11) is -5.81. The second-order valence-corrected chi connectivity index (χ2v) is 37.3. The number of hydrogen-bond acceptors (Lipinski definition) is 24. The number of ether oxygens (including phenoxy) is 8. The number of unbranched alkanes of at least 4 members (excludes halogenated alkanes) is 47. The van der Waals surface area contributed by atoms with Gasteiger partial charge in [0.25, 0.3) is 0 Å². The molecule has 3 rings (SSSR count). The molecule has 2 heterocycles. The van der Waals surface area contributed by atoms with E-state index >= 15 is 0 Å². The minimum absolute atomic E-state index is 0.0196. The van der Waals surface area contributed by atoms with E-state index in [0.717, 1.165) is 128 Å². The molecule has 0 radical (unpaired) electrons. The molecule has 1 aliphatic carbocycles. The molecular weight excluding hydrogens is 1560 g/mol. The monoisotopic (exact) mass is 1740 g/mol. The molecule has 120 heavy (non-hydrogen) atoms. The van der Waals surface area contributed by atoms with E-state index in [9.17, 15) is 74.6 Å². The molecule has 708 valence electrons.